The lowest BCUT2D eigenvalue weighted by Gasteiger charge is -2.35. The van der Waals surface area contributed by atoms with E-state index in [-0.39, 0.29) is 17.4 Å². The summed E-state index contributed by atoms with van der Waals surface area (Å²) in [4.78, 5) is 14.3. The van der Waals surface area contributed by atoms with Crippen LogP contribution in [0.25, 0.3) is 0 Å². The minimum atomic E-state index is -3.46. The molecule has 0 saturated carbocycles. The van der Waals surface area contributed by atoms with E-state index in [0.29, 0.717) is 24.4 Å². The van der Waals surface area contributed by atoms with Gasteiger partial charge in [0.25, 0.3) is 5.91 Å². The van der Waals surface area contributed by atoms with E-state index in [9.17, 15) is 13.2 Å². The van der Waals surface area contributed by atoms with E-state index in [1.165, 1.54) is 18.6 Å². The lowest BCUT2D eigenvalue weighted by molar-refractivity contribution is -0.00471. The van der Waals surface area contributed by atoms with E-state index in [4.69, 9.17) is 4.74 Å². The summed E-state index contributed by atoms with van der Waals surface area (Å²) in [5, 5.41) is 13.8. The van der Waals surface area contributed by atoms with E-state index >= 15 is 0 Å². The average molecular weight is 337 g/mol. The molecular weight excluding hydrogens is 322 g/mol. The van der Waals surface area contributed by atoms with E-state index in [2.05, 4.69) is 20.4 Å². The Balaban J connectivity index is 1.97. The summed E-state index contributed by atoms with van der Waals surface area (Å²) >= 11 is 0. The normalized spacial score (nSPS) is 18.8. The number of nitrogens with one attached hydrogen (secondary N) is 1. The third kappa shape index (κ3) is 3.08. The first-order valence-electron chi connectivity index (χ1n) is 6.87. The molecule has 2 aromatic heterocycles. The first-order chi connectivity index (χ1) is 11.0. The molecule has 122 valence electrons. The van der Waals surface area contributed by atoms with Crippen molar-refractivity contribution in [3.8, 4) is 0 Å². The number of hydrogen-bond acceptors (Lipinski definition) is 7. The Kier molecular flexibility index (Phi) is 4.09. The molecule has 10 heteroatoms. The molecule has 1 amide bonds. The quantitative estimate of drug-likeness (QED) is 0.825. The van der Waals surface area contributed by atoms with Crippen LogP contribution in [0.2, 0.25) is 0 Å². The molecule has 0 unspecified atom stereocenters. The van der Waals surface area contributed by atoms with Crippen molar-refractivity contribution in [3.05, 3.63) is 35.9 Å². The minimum Gasteiger partial charge on any atom is -0.377 e. The maximum absolute atomic E-state index is 12.7. The van der Waals surface area contributed by atoms with Crippen LogP contribution in [0.1, 0.15) is 22.1 Å². The number of hydrogen-bond donors (Lipinski definition) is 1. The number of sulfone groups is 1. The van der Waals surface area contributed by atoms with Crippen molar-refractivity contribution in [2.75, 3.05) is 26.0 Å². The van der Waals surface area contributed by atoms with Crippen molar-refractivity contribution in [2.24, 2.45) is 0 Å². The number of morpholine rings is 1. The van der Waals surface area contributed by atoms with Gasteiger partial charge >= 0.3 is 0 Å². The standard InChI is InChI=1S/C13H15N5O4S/c1-23(20,21)11-7-16-17-12(11)10-8-22-5-4-18(10)13(19)9-2-3-14-15-6-9/h2-3,6-7,10H,4-5,8H2,1H3,(H,16,17)/t10-/m0/s1. The van der Waals surface area contributed by atoms with Gasteiger partial charge < -0.3 is 9.64 Å². The highest BCUT2D eigenvalue weighted by atomic mass is 32.2. The Bertz CT molecular complexity index is 805. The lowest BCUT2D eigenvalue weighted by Crippen LogP contribution is -2.44. The number of amides is 1. The summed E-state index contributed by atoms with van der Waals surface area (Å²) in [6.45, 7) is 0.909. The molecule has 1 N–H and O–H groups in total. The summed E-state index contributed by atoms with van der Waals surface area (Å²) in [6, 6.07) is 1.00. The van der Waals surface area contributed by atoms with Crippen molar-refractivity contribution in [2.45, 2.75) is 10.9 Å². The summed E-state index contributed by atoms with van der Waals surface area (Å²) in [6.07, 6.45) is 5.15. The van der Waals surface area contributed by atoms with Crippen molar-refractivity contribution in [1.29, 1.82) is 0 Å². The molecule has 0 radical (unpaired) electrons. The smallest absolute Gasteiger partial charge is 0.256 e. The van der Waals surface area contributed by atoms with Gasteiger partial charge in [0.1, 0.15) is 4.90 Å². The average Bonchev–Trinajstić information content (AvgIpc) is 3.05. The summed E-state index contributed by atoms with van der Waals surface area (Å²) in [5.41, 5.74) is 0.731. The van der Waals surface area contributed by atoms with Crippen LogP contribution in [0.3, 0.4) is 0 Å². The van der Waals surface area contributed by atoms with Crippen molar-refractivity contribution in [1.82, 2.24) is 25.3 Å². The van der Waals surface area contributed by atoms with Gasteiger partial charge in [-0.05, 0) is 6.07 Å². The summed E-state index contributed by atoms with van der Waals surface area (Å²) in [7, 11) is -3.46. The Morgan fingerprint density at radius 2 is 2.22 bits per heavy atom. The third-order valence-corrected chi connectivity index (χ3v) is 4.71. The van der Waals surface area contributed by atoms with E-state index in [0.717, 1.165) is 6.26 Å². The highest BCUT2D eigenvalue weighted by Crippen LogP contribution is 2.28. The molecule has 1 aliphatic rings. The van der Waals surface area contributed by atoms with Crippen LogP contribution in [0.15, 0.2) is 29.6 Å². The van der Waals surface area contributed by atoms with E-state index < -0.39 is 15.9 Å². The monoisotopic (exact) mass is 337 g/mol. The topological polar surface area (TPSA) is 118 Å². The third-order valence-electron chi connectivity index (χ3n) is 3.59. The van der Waals surface area contributed by atoms with Crippen molar-refractivity contribution in [3.63, 3.8) is 0 Å². The molecular formula is C13H15N5O4S. The molecule has 3 rings (SSSR count). The second kappa shape index (κ2) is 6.05. The number of carbonyl (C=O) groups excluding carboxylic acids is 1. The highest BCUT2D eigenvalue weighted by molar-refractivity contribution is 7.90. The van der Waals surface area contributed by atoms with Gasteiger partial charge in [0.2, 0.25) is 0 Å². The molecule has 0 spiro atoms. The van der Waals surface area contributed by atoms with Crippen LogP contribution in [0.5, 0.6) is 0 Å². The van der Waals surface area contributed by atoms with Gasteiger partial charge in [-0.25, -0.2) is 8.42 Å². The molecule has 0 aromatic carbocycles. The van der Waals surface area contributed by atoms with Gasteiger partial charge in [-0.3, -0.25) is 9.89 Å². The number of H-pyrrole nitrogens is 1. The van der Waals surface area contributed by atoms with Crippen LogP contribution in [-0.4, -0.2) is 65.6 Å². The van der Waals surface area contributed by atoms with Gasteiger partial charge in [-0.1, -0.05) is 0 Å². The van der Waals surface area contributed by atoms with Crippen LogP contribution in [-0.2, 0) is 14.6 Å². The predicted molar refractivity (Wildman–Crippen MR) is 78.3 cm³/mol. The number of aromatic amines is 1. The zero-order valence-corrected chi connectivity index (χ0v) is 13.2. The molecule has 23 heavy (non-hydrogen) atoms. The number of nitrogens with zero attached hydrogens (tertiary/aromatic N) is 4. The molecule has 3 heterocycles. The van der Waals surface area contributed by atoms with Crippen LogP contribution in [0.4, 0.5) is 0 Å². The SMILES string of the molecule is CS(=O)(=O)c1cn[nH]c1[C@@H]1COCCN1C(=O)c1ccnnc1. The van der Waals surface area contributed by atoms with Gasteiger partial charge in [0, 0.05) is 12.8 Å². The number of rotatable bonds is 3. The number of carbonyl (C=O) groups is 1. The molecule has 9 nitrogen and oxygen atoms in total. The summed E-state index contributed by atoms with van der Waals surface area (Å²) < 4.78 is 29.2. The van der Waals surface area contributed by atoms with Gasteiger partial charge in [0.05, 0.1) is 49.1 Å². The van der Waals surface area contributed by atoms with Crippen LogP contribution < -0.4 is 0 Å². The van der Waals surface area contributed by atoms with Crippen LogP contribution >= 0.6 is 0 Å². The van der Waals surface area contributed by atoms with Gasteiger partial charge in [-0.2, -0.15) is 15.3 Å². The Labute approximate surface area is 132 Å². The maximum Gasteiger partial charge on any atom is 0.256 e. The fourth-order valence-electron chi connectivity index (χ4n) is 2.49. The Hall–Kier alpha value is -2.33. The fourth-order valence-corrected chi connectivity index (χ4v) is 3.31. The molecule has 0 bridgehead atoms. The maximum atomic E-state index is 12.7. The van der Waals surface area contributed by atoms with E-state index in [1.54, 1.807) is 11.0 Å². The second-order valence-electron chi connectivity index (χ2n) is 5.14. The van der Waals surface area contributed by atoms with Gasteiger partial charge in [0.15, 0.2) is 9.84 Å². The minimum absolute atomic E-state index is 0.0682. The summed E-state index contributed by atoms with van der Waals surface area (Å²) in [5.74, 6) is -0.262. The van der Waals surface area contributed by atoms with Gasteiger partial charge in [-0.15, -0.1) is 0 Å². The predicted octanol–water partition coefficient (Wildman–Crippen LogP) is -0.183. The number of aromatic nitrogens is 4. The van der Waals surface area contributed by atoms with Crippen LogP contribution in [0, 0.1) is 0 Å². The molecule has 2 aromatic rings. The molecule has 1 aliphatic heterocycles. The van der Waals surface area contributed by atoms with Crippen molar-refractivity contribution < 1.29 is 17.9 Å². The lowest BCUT2D eigenvalue weighted by atomic mass is 10.1. The largest absolute Gasteiger partial charge is 0.377 e. The fraction of sp³-hybridized carbons (Fsp3) is 0.385. The van der Waals surface area contributed by atoms with E-state index in [1.807, 2.05) is 0 Å². The highest BCUT2D eigenvalue weighted by Gasteiger charge is 2.34. The molecule has 1 atom stereocenters. The zero-order chi connectivity index (χ0) is 16.4. The first kappa shape index (κ1) is 15.6. The number of ether oxygens (including phenoxy) is 1. The second-order valence-corrected chi connectivity index (χ2v) is 7.12. The molecule has 0 aliphatic carbocycles. The Morgan fingerprint density at radius 1 is 1.39 bits per heavy atom. The zero-order valence-electron chi connectivity index (χ0n) is 12.3. The molecule has 1 fully saturated rings. The Morgan fingerprint density at radius 3 is 2.91 bits per heavy atom. The first-order valence-corrected chi connectivity index (χ1v) is 8.76. The molecule has 1 saturated heterocycles. The van der Waals surface area contributed by atoms with Crippen molar-refractivity contribution >= 4 is 15.7 Å².